The molecule has 0 aliphatic carbocycles. The molecule has 1 aromatic rings. The normalized spacial score (nSPS) is 13.4. The van der Waals surface area contributed by atoms with Crippen LogP contribution in [-0.4, -0.2) is 30.8 Å². The first-order valence-corrected chi connectivity index (χ1v) is 6.04. The van der Waals surface area contributed by atoms with Gasteiger partial charge in [0, 0.05) is 5.92 Å². The molecule has 5 nitrogen and oxygen atoms in total. The quantitative estimate of drug-likeness (QED) is 0.630. The van der Waals surface area contributed by atoms with Gasteiger partial charge >= 0.3 is 11.9 Å². The topological polar surface area (TPSA) is 72.8 Å². The monoisotopic (exact) mass is 266 g/mol. The summed E-state index contributed by atoms with van der Waals surface area (Å²) in [4.78, 5) is 22.9. The van der Waals surface area contributed by atoms with Gasteiger partial charge in [0.25, 0.3) is 0 Å². The summed E-state index contributed by atoms with van der Waals surface area (Å²) in [6, 6.07) is 6.96. The molecule has 104 valence electrons. The van der Waals surface area contributed by atoms with Crippen LogP contribution >= 0.6 is 0 Å². The number of aliphatic carboxylic acids is 1. The summed E-state index contributed by atoms with van der Waals surface area (Å²) in [6.45, 7) is 3.50. The van der Waals surface area contributed by atoms with Gasteiger partial charge in [-0.05, 0) is 24.6 Å². The zero-order chi connectivity index (χ0) is 14.4. The van der Waals surface area contributed by atoms with E-state index in [9.17, 15) is 14.7 Å². The summed E-state index contributed by atoms with van der Waals surface area (Å²) in [6.07, 6.45) is 0. The Morgan fingerprint density at radius 3 is 2.26 bits per heavy atom. The number of benzene rings is 1. The molecule has 0 unspecified atom stereocenters. The number of carboxylic acids is 1. The average Bonchev–Trinajstić information content (AvgIpc) is 2.38. The Hall–Kier alpha value is -2.04. The molecule has 1 aromatic carbocycles. The maximum absolute atomic E-state index is 11.7. The molecular weight excluding hydrogens is 248 g/mol. The maximum Gasteiger partial charge on any atom is 0.320 e. The van der Waals surface area contributed by atoms with Crippen LogP contribution in [0.15, 0.2) is 24.3 Å². The molecule has 0 aliphatic heterocycles. The van der Waals surface area contributed by atoms with Gasteiger partial charge in [-0.25, -0.2) is 0 Å². The highest BCUT2D eigenvalue weighted by molar-refractivity contribution is 5.95. The van der Waals surface area contributed by atoms with E-state index in [0.717, 1.165) is 5.56 Å². The molecule has 5 heteroatoms. The summed E-state index contributed by atoms with van der Waals surface area (Å²) in [5.74, 6) is -2.88. The van der Waals surface area contributed by atoms with Crippen molar-refractivity contribution in [1.82, 2.24) is 0 Å². The zero-order valence-corrected chi connectivity index (χ0v) is 11.3. The number of hydrogen-bond acceptors (Lipinski definition) is 4. The standard InChI is InChI=1S/C14H18O5/c1-4-19-14(17)12(13(15)16)9(2)10-5-7-11(18-3)8-6-10/h5-9,12H,4H2,1-3H3,(H,15,16)/t9-,12-/m0/s1. The predicted octanol–water partition coefficient (Wildman–Crippen LogP) is 2.06. The molecule has 0 saturated heterocycles. The van der Waals surface area contributed by atoms with Crippen LogP contribution in [0.1, 0.15) is 25.3 Å². The molecule has 0 aliphatic rings. The second kappa shape index (κ2) is 6.78. The van der Waals surface area contributed by atoms with Crippen molar-refractivity contribution in [3.8, 4) is 5.75 Å². The third kappa shape index (κ3) is 3.71. The Bertz CT molecular complexity index is 438. The Balaban J connectivity index is 2.95. The number of carbonyl (C=O) groups is 2. The second-order valence-corrected chi connectivity index (χ2v) is 4.13. The van der Waals surface area contributed by atoms with E-state index in [1.54, 1.807) is 45.2 Å². The fourth-order valence-electron chi connectivity index (χ4n) is 1.85. The minimum absolute atomic E-state index is 0.165. The zero-order valence-electron chi connectivity index (χ0n) is 11.3. The van der Waals surface area contributed by atoms with Crippen molar-refractivity contribution in [3.05, 3.63) is 29.8 Å². The summed E-state index contributed by atoms with van der Waals surface area (Å²) >= 11 is 0. The van der Waals surface area contributed by atoms with E-state index in [-0.39, 0.29) is 6.61 Å². The lowest BCUT2D eigenvalue weighted by Gasteiger charge is -2.19. The van der Waals surface area contributed by atoms with Crippen molar-refractivity contribution in [2.45, 2.75) is 19.8 Å². The SMILES string of the molecule is CCOC(=O)[C@H](C(=O)O)[C@@H](C)c1ccc(OC)cc1. The van der Waals surface area contributed by atoms with Gasteiger partial charge < -0.3 is 14.6 Å². The highest BCUT2D eigenvalue weighted by atomic mass is 16.5. The molecular formula is C14H18O5. The minimum atomic E-state index is -1.20. The Labute approximate surface area is 112 Å². The molecule has 0 fully saturated rings. The van der Waals surface area contributed by atoms with Crippen LogP contribution < -0.4 is 4.74 Å². The molecule has 0 bridgehead atoms. The molecule has 1 N–H and O–H groups in total. The second-order valence-electron chi connectivity index (χ2n) is 4.13. The lowest BCUT2D eigenvalue weighted by molar-refractivity contribution is -0.159. The molecule has 19 heavy (non-hydrogen) atoms. The van der Waals surface area contributed by atoms with Crippen molar-refractivity contribution in [1.29, 1.82) is 0 Å². The largest absolute Gasteiger partial charge is 0.497 e. The lowest BCUT2D eigenvalue weighted by Crippen LogP contribution is -2.30. The van der Waals surface area contributed by atoms with Crippen molar-refractivity contribution in [3.63, 3.8) is 0 Å². The number of rotatable bonds is 6. The fraction of sp³-hybridized carbons (Fsp3) is 0.429. The van der Waals surface area contributed by atoms with Gasteiger partial charge in [-0.2, -0.15) is 0 Å². The van der Waals surface area contributed by atoms with E-state index < -0.39 is 23.8 Å². The molecule has 0 saturated carbocycles. The third-order valence-electron chi connectivity index (χ3n) is 2.95. The Kier molecular flexibility index (Phi) is 5.36. The summed E-state index contributed by atoms with van der Waals surface area (Å²) in [5, 5.41) is 9.18. The van der Waals surface area contributed by atoms with Crippen LogP contribution in [0, 0.1) is 5.92 Å². The molecule has 0 radical (unpaired) electrons. The number of hydrogen-bond donors (Lipinski definition) is 1. The van der Waals surface area contributed by atoms with Gasteiger partial charge in [-0.3, -0.25) is 9.59 Å². The molecule has 0 amide bonds. The maximum atomic E-state index is 11.7. The van der Waals surface area contributed by atoms with E-state index in [2.05, 4.69) is 0 Å². The van der Waals surface area contributed by atoms with Crippen LogP contribution in [0.5, 0.6) is 5.75 Å². The van der Waals surface area contributed by atoms with E-state index in [1.165, 1.54) is 0 Å². The fourth-order valence-corrected chi connectivity index (χ4v) is 1.85. The summed E-state index contributed by atoms with van der Waals surface area (Å²) in [7, 11) is 1.55. The van der Waals surface area contributed by atoms with Crippen LogP contribution in [-0.2, 0) is 14.3 Å². The van der Waals surface area contributed by atoms with Gasteiger partial charge in [0.15, 0.2) is 5.92 Å². The summed E-state index contributed by atoms with van der Waals surface area (Å²) < 4.78 is 9.84. The highest BCUT2D eigenvalue weighted by Gasteiger charge is 2.34. The van der Waals surface area contributed by atoms with E-state index in [0.29, 0.717) is 5.75 Å². The van der Waals surface area contributed by atoms with Gasteiger partial charge in [-0.1, -0.05) is 19.1 Å². The molecule has 0 heterocycles. The number of ether oxygens (including phenoxy) is 2. The first kappa shape index (κ1) is 15.0. The number of methoxy groups -OCH3 is 1. The Morgan fingerprint density at radius 1 is 1.26 bits per heavy atom. The van der Waals surface area contributed by atoms with E-state index in [4.69, 9.17) is 9.47 Å². The predicted molar refractivity (Wildman–Crippen MR) is 69.2 cm³/mol. The van der Waals surface area contributed by atoms with E-state index >= 15 is 0 Å². The van der Waals surface area contributed by atoms with Gasteiger partial charge in [0.1, 0.15) is 5.75 Å². The van der Waals surface area contributed by atoms with Gasteiger partial charge in [0.05, 0.1) is 13.7 Å². The third-order valence-corrected chi connectivity index (χ3v) is 2.95. The molecule has 1 rings (SSSR count). The first-order chi connectivity index (χ1) is 9.01. The van der Waals surface area contributed by atoms with Crippen LogP contribution in [0.2, 0.25) is 0 Å². The Morgan fingerprint density at radius 2 is 1.84 bits per heavy atom. The van der Waals surface area contributed by atoms with Gasteiger partial charge in [0.2, 0.25) is 0 Å². The summed E-state index contributed by atoms with van der Waals surface area (Å²) in [5.41, 5.74) is 0.751. The first-order valence-electron chi connectivity index (χ1n) is 6.04. The molecule has 2 atom stereocenters. The average molecular weight is 266 g/mol. The van der Waals surface area contributed by atoms with Crippen molar-refractivity contribution in [2.75, 3.05) is 13.7 Å². The minimum Gasteiger partial charge on any atom is -0.497 e. The van der Waals surface area contributed by atoms with Crippen LogP contribution in [0.3, 0.4) is 0 Å². The van der Waals surface area contributed by atoms with Crippen molar-refractivity contribution in [2.24, 2.45) is 5.92 Å². The van der Waals surface area contributed by atoms with Crippen molar-refractivity contribution < 1.29 is 24.2 Å². The number of carboxylic acid groups (broad SMARTS) is 1. The highest BCUT2D eigenvalue weighted by Crippen LogP contribution is 2.27. The smallest absolute Gasteiger partial charge is 0.320 e. The van der Waals surface area contributed by atoms with Crippen LogP contribution in [0.25, 0.3) is 0 Å². The van der Waals surface area contributed by atoms with Gasteiger partial charge in [-0.15, -0.1) is 0 Å². The van der Waals surface area contributed by atoms with Crippen molar-refractivity contribution >= 4 is 11.9 Å². The van der Waals surface area contributed by atoms with Crippen LogP contribution in [0.4, 0.5) is 0 Å². The van der Waals surface area contributed by atoms with E-state index in [1.807, 2.05) is 0 Å². The number of esters is 1. The lowest BCUT2D eigenvalue weighted by atomic mass is 9.87. The molecule has 0 spiro atoms. The number of carbonyl (C=O) groups excluding carboxylic acids is 1. The molecule has 0 aromatic heterocycles.